The van der Waals surface area contributed by atoms with Gasteiger partial charge in [0.05, 0.1) is 19.4 Å². The van der Waals surface area contributed by atoms with Crippen LogP contribution in [-0.2, 0) is 16.0 Å². The smallest absolute Gasteiger partial charge is 0.295 e. The summed E-state index contributed by atoms with van der Waals surface area (Å²) in [5.74, 6) is 1.65. The fourth-order valence-corrected chi connectivity index (χ4v) is 3.35. The van der Waals surface area contributed by atoms with Crippen LogP contribution in [-0.4, -0.2) is 38.9 Å². The minimum atomic E-state index is 0.0875. The molecular weight excluding hydrogens is 456 g/mol. The average Bonchev–Trinajstić information content (AvgIpc) is 2.92. The molecule has 0 radical (unpaired) electrons. The molecule has 0 atom stereocenters. The van der Waals surface area contributed by atoms with E-state index < -0.39 is 0 Å². The summed E-state index contributed by atoms with van der Waals surface area (Å²) in [7, 11) is 1.59. The minimum Gasteiger partial charge on any atom is -0.497 e. The molecule has 0 amide bonds. The van der Waals surface area contributed by atoms with Crippen LogP contribution in [0.1, 0.15) is 34.8 Å². The third kappa shape index (κ3) is 8.43. The Morgan fingerprint density at radius 2 is 1.69 bits per heavy atom. The molecule has 0 saturated carbocycles. The lowest BCUT2D eigenvalue weighted by molar-refractivity contribution is -0.106. The van der Waals surface area contributed by atoms with Crippen LogP contribution in [0.4, 0.5) is 5.69 Å². The number of nitrogens with zero attached hydrogens (tertiary/aromatic N) is 1. The van der Waals surface area contributed by atoms with Gasteiger partial charge in [-0.15, -0.1) is 0 Å². The lowest BCUT2D eigenvalue weighted by Crippen LogP contribution is -2.27. The zero-order chi connectivity index (χ0) is 25.6. The summed E-state index contributed by atoms with van der Waals surface area (Å²) in [6.07, 6.45) is 4.65. The third-order valence-corrected chi connectivity index (χ3v) is 5.15. The van der Waals surface area contributed by atoms with Crippen LogP contribution < -0.4 is 14.8 Å². The Kier molecular flexibility index (Phi) is 10.3. The standard InChI is InChI=1S/C29H30N2O5/c1-3-35-27-15-9-22(10-16-27)7-5-17-30-29(31-25-8-4-6-24(18-25)20-32)36-28(21-33)19-23-11-13-26(34-2)14-12-23/h4,6,8-16,18-21H,3,5,7,17H2,1-2H3,(H,30,31)/b28-19+. The van der Waals surface area contributed by atoms with Crippen LogP contribution in [0, 0.1) is 0 Å². The molecule has 0 aliphatic heterocycles. The summed E-state index contributed by atoms with van der Waals surface area (Å²) < 4.78 is 16.5. The van der Waals surface area contributed by atoms with Crippen molar-refractivity contribution in [1.29, 1.82) is 0 Å². The number of methoxy groups -OCH3 is 1. The van der Waals surface area contributed by atoms with E-state index in [2.05, 4.69) is 10.3 Å². The Balaban J connectivity index is 1.71. The second-order valence-corrected chi connectivity index (χ2v) is 7.78. The summed E-state index contributed by atoms with van der Waals surface area (Å²) in [6, 6.07) is 22.2. The molecule has 0 fully saturated rings. The van der Waals surface area contributed by atoms with Gasteiger partial charge in [-0.1, -0.05) is 36.4 Å². The first kappa shape index (κ1) is 26.2. The van der Waals surface area contributed by atoms with E-state index in [9.17, 15) is 9.59 Å². The largest absolute Gasteiger partial charge is 0.497 e. The number of carbonyl (C=O) groups is 2. The third-order valence-electron chi connectivity index (χ3n) is 5.15. The Hall–Kier alpha value is -4.39. The van der Waals surface area contributed by atoms with E-state index >= 15 is 0 Å². The van der Waals surface area contributed by atoms with Gasteiger partial charge in [0, 0.05) is 12.1 Å². The predicted molar refractivity (Wildman–Crippen MR) is 141 cm³/mol. The summed E-state index contributed by atoms with van der Waals surface area (Å²) >= 11 is 0. The van der Waals surface area contributed by atoms with Crippen molar-refractivity contribution in [3.05, 3.63) is 95.2 Å². The molecule has 0 unspecified atom stereocenters. The van der Waals surface area contributed by atoms with E-state index in [0.717, 1.165) is 30.4 Å². The van der Waals surface area contributed by atoms with Crippen molar-refractivity contribution in [2.45, 2.75) is 19.8 Å². The quantitative estimate of drug-likeness (QED) is 0.0925. The molecule has 7 heteroatoms. The van der Waals surface area contributed by atoms with Crippen molar-refractivity contribution in [3.63, 3.8) is 0 Å². The zero-order valence-corrected chi connectivity index (χ0v) is 20.5. The van der Waals surface area contributed by atoms with Gasteiger partial charge in [0.15, 0.2) is 12.0 Å². The molecule has 3 rings (SSSR count). The summed E-state index contributed by atoms with van der Waals surface area (Å²) in [4.78, 5) is 27.4. The average molecular weight is 487 g/mol. The molecule has 0 aliphatic rings. The van der Waals surface area contributed by atoms with Gasteiger partial charge in [-0.25, -0.2) is 0 Å². The van der Waals surface area contributed by atoms with E-state index in [1.807, 2.05) is 43.3 Å². The number of nitrogens with one attached hydrogen (secondary N) is 1. The highest BCUT2D eigenvalue weighted by Gasteiger charge is 2.07. The number of carbonyl (C=O) groups excluding carboxylic acids is 2. The molecule has 0 aliphatic carbocycles. The molecule has 186 valence electrons. The van der Waals surface area contributed by atoms with E-state index in [1.54, 1.807) is 49.6 Å². The fraction of sp³-hybridized carbons (Fsp3) is 0.207. The molecule has 0 bridgehead atoms. The maximum absolute atomic E-state index is 11.8. The van der Waals surface area contributed by atoms with Crippen LogP contribution >= 0.6 is 0 Å². The molecule has 7 nitrogen and oxygen atoms in total. The van der Waals surface area contributed by atoms with Gasteiger partial charge in [-0.3, -0.25) is 9.59 Å². The van der Waals surface area contributed by atoms with Crippen molar-refractivity contribution in [2.24, 2.45) is 4.99 Å². The Labute approximate surface area is 211 Å². The minimum absolute atomic E-state index is 0.0875. The Bertz CT molecular complexity index is 1190. The molecule has 0 heterocycles. The molecule has 36 heavy (non-hydrogen) atoms. The zero-order valence-electron chi connectivity index (χ0n) is 20.5. The summed E-state index contributed by atoms with van der Waals surface area (Å²) in [6.45, 7) is 3.16. The van der Waals surface area contributed by atoms with Crippen LogP contribution in [0.25, 0.3) is 6.08 Å². The molecule has 0 saturated heterocycles. The Morgan fingerprint density at radius 3 is 2.36 bits per heavy atom. The second kappa shape index (κ2) is 14.1. The van der Waals surface area contributed by atoms with E-state index in [1.165, 1.54) is 5.56 Å². The van der Waals surface area contributed by atoms with Gasteiger partial charge in [0.25, 0.3) is 6.02 Å². The van der Waals surface area contributed by atoms with Gasteiger partial charge in [-0.2, -0.15) is 4.99 Å². The van der Waals surface area contributed by atoms with Crippen molar-refractivity contribution in [2.75, 3.05) is 20.3 Å². The van der Waals surface area contributed by atoms with E-state index in [-0.39, 0.29) is 11.8 Å². The number of hydrogen-bond acceptors (Lipinski definition) is 6. The van der Waals surface area contributed by atoms with Gasteiger partial charge in [0.1, 0.15) is 17.8 Å². The summed E-state index contributed by atoms with van der Waals surface area (Å²) in [5.41, 5.74) is 2.99. The first-order valence-corrected chi connectivity index (χ1v) is 11.7. The number of ether oxygens (including phenoxy) is 3. The SMILES string of the molecule is CCOc1ccc(CCCN/C(=N/c2cccc(C=O)c2)O/C(C=O)=C/c2ccc(OC)cc2)cc1. The lowest BCUT2D eigenvalue weighted by atomic mass is 10.1. The number of allylic oxidation sites excluding steroid dienone is 1. The molecule has 3 aromatic carbocycles. The molecule has 0 spiro atoms. The van der Waals surface area contributed by atoms with Gasteiger partial charge in [0.2, 0.25) is 0 Å². The highest BCUT2D eigenvalue weighted by atomic mass is 16.5. The van der Waals surface area contributed by atoms with Crippen LogP contribution in [0.15, 0.2) is 83.5 Å². The maximum atomic E-state index is 11.8. The topological polar surface area (TPSA) is 86.2 Å². The number of rotatable bonds is 12. The van der Waals surface area contributed by atoms with Crippen molar-refractivity contribution >= 4 is 30.4 Å². The van der Waals surface area contributed by atoms with Crippen LogP contribution in [0.2, 0.25) is 0 Å². The first-order chi connectivity index (χ1) is 17.6. The normalized spacial score (nSPS) is 11.5. The van der Waals surface area contributed by atoms with Crippen molar-refractivity contribution in [1.82, 2.24) is 5.32 Å². The number of amidine groups is 1. The number of benzene rings is 3. The molecule has 0 aromatic heterocycles. The highest BCUT2D eigenvalue weighted by Crippen LogP contribution is 2.17. The van der Waals surface area contributed by atoms with E-state index in [0.29, 0.717) is 36.4 Å². The number of aryl methyl sites for hydroxylation is 1. The second-order valence-electron chi connectivity index (χ2n) is 7.78. The lowest BCUT2D eigenvalue weighted by Gasteiger charge is -2.12. The number of aliphatic imine (C=N–C) groups is 1. The van der Waals surface area contributed by atoms with Crippen molar-refractivity contribution < 1.29 is 23.8 Å². The fourth-order valence-electron chi connectivity index (χ4n) is 3.35. The Morgan fingerprint density at radius 1 is 0.944 bits per heavy atom. The number of hydrogen-bond donors (Lipinski definition) is 1. The van der Waals surface area contributed by atoms with Gasteiger partial charge >= 0.3 is 0 Å². The first-order valence-electron chi connectivity index (χ1n) is 11.7. The van der Waals surface area contributed by atoms with Gasteiger partial charge in [-0.05, 0) is 73.4 Å². The highest BCUT2D eigenvalue weighted by molar-refractivity contribution is 5.87. The van der Waals surface area contributed by atoms with Crippen LogP contribution in [0.5, 0.6) is 11.5 Å². The molecule has 1 N–H and O–H groups in total. The molecule has 3 aromatic rings. The summed E-state index contributed by atoms with van der Waals surface area (Å²) in [5, 5.41) is 3.17. The monoisotopic (exact) mass is 486 g/mol. The van der Waals surface area contributed by atoms with E-state index in [4.69, 9.17) is 14.2 Å². The number of aldehydes is 2. The van der Waals surface area contributed by atoms with Gasteiger partial charge < -0.3 is 19.5 Å². The van der Waals surface area contributed by atoms with Crippen LogP contribution in [0.3, 0.4) is 0 Å². The predicted octanol–water partition coefficient (Wildman–Crippen LogP) is 5.37. The maximum Gasteiger partial charge on any atom is 0.295 e. The molecular formula is C29H30N2O5. The van der Waals surface area contributed by atoms with Crippen molar-refractivity contribution in [3.8, 4) is 11.5 Å².